The summed E-state index contributed by atoms with van der Waals surface area (Å²) in [5.41, 5.74) is 6.43. The number of imidazole rings is 1. The Morgan fingerprint density at radius 2 is 1.74 bits per heavy atom. The highest BCUT2D eigenvalue weighted by Crippen LogP contribution is 2.30. The summed E-state index contributed by atoms with van der Waals surface area (Å²) in [6.45, 7) is 10.5. The maximum absolute atomic E-state index is 4.73. The fourth-order valence-electron chi connectivity index (χ4n) is 2.53. The van der Waals surface area contributed by atoms with Crippen molar-refractivity contribution in [1.82, 2.24) is 9.38 Å². The summed E-state index contributed by atoms with van der Waals surface area (Å²) in [6, 6.07) is 10.3. The van der Waals surface area contributed by atoms with Gasteiger partial charge in [0.15, 0.2) is 5.82 Å². The molecule has 0 aliphatic heterocycles. The summed E-state index contributed by atoms with van der Waals surface area (Å²) in [6.07, 6.45) is 2.01. The molecular weight excluding hydrogens is 284 g/mol. The largest absolute Gasteiger partial charge is 0.283 e. The highest BCUT2D eigenvalue weighted by atomic mass is 15.2. The second-order valence-corrected chi connectivity index (χ2v) is 6.38. The van der Waals surface area contributed by atoms with Gasteiger partial charge in [0.2, 0.25) is 0 Å². The van der Waals surface area contributed by atoms with Gasteiger partial charge in [0, 0.05) is 6.20 Å². The van der Waals surface area contributed by atoms with Crippen molar-refractivity contribution in [2.75, 3.05) is 0 Å². The molecule has 0 N–H and O–H groups in total. The fraction of sp³-hybridized carbons (Fsp3) is 0.316. The molecule has 0 aliphatic carbocycles. The van der Waals surface area contributed by atoms with Crippen molar-refractivity contribution in [1.29, 1.82) is 0 Å². The highest BCUT2D eigenvalue weighted by molar-refractivity contribution is 5.54. The molecular formula is C19H22N4. The molecule has 0 saturated carbocycles. The zero-order chi connectivity index (χ0) is 16.6. The number of pyridine rings is 1. The number of rotatable bonds is 3. The van der Waals surface area contributed by atoms with Crippen molar-refractivity contribution >= 4 is 17.2 Å². The van der Waals surface area contributed by atoms with Crippen LogP contribution >= 0.6 is 0 Å². The van der Waals surface area contributed by atoms with E-state index in [1.807, 2.05) is 16.7 Å². The van der Waals surface area contributed by atoms with Gasteiger partial charge in [0.1, 0.15) is 5.65 Å². The molecule has 0 amide bonds. The number of benzene rings is 1. The number of hydrogen-bond acceptors (Lipinski definition) is 3. The van der Waals surface area contributed by atoms with E-state index in [0.717, 1.165) is 22.8 Å². The number of azo groups is 1. The van der Waals surface area contributed by atoms with E-state index in [4.69, 9.17) is 4.98 Å². The van der Waals surface area contributed by atoms with Gasteiger partial charge >= 0.3 is 0 Å². The molecule has 2 heterocycles. The van der Waals surface area contributed by atoms with Gasteiger partial charge in [0.25, 0.3) is 0 Å². The van der Waals surface area contributed by atoms with Gasteiger partial charge in [0.05, 0.1) is 11.4 Å². The normalized spacial score (nSPS) is 11.9. The first-order chi connectivity index (χ1) is 11.0. The highest BCUT2D eigenvalue weighted by Gasteiger charge is 2.15. The quantitative estimate of drug-likeness (QED) is 0.564. The van der Waals surface area contributed by atoms with Crippen molar-refractivity contribution < 1.29 is 0 Å². The molecule has 0 atom stereocenters. The SMILES string of the molecule is Cc1ccn2c(N=Nc3ccc(C)c(C)c3)c(C(C)C)nc2c1. The summed E-state index contributed by atoms with van der Waals surface area (Å²) in [4.78, 5) is 4.73. The Kier molecular flexibility index (Phi) is 3.99. The Hall–Kier alpha value is -2.49. The van der Waals surface area contributed by atoms with Crippen LogP contribution in [-0.4, -0.2) is 9.38 Å². The standard InChI is InChI=1S/C19H22N4/c1-12(2)18-19(23-9-8-13(3)10-17(23)20-18)22-21-16-7-6-14(4)15(5)11-16/h6-12H,1-5H3. The summed E-state index contributed by atoms with van der Waals surface area (Å²) < 4.78 is 2.01. The van der Waals surface area contributed by atoms with E-state index in [2.05, 4.69) is 69.1 Å². The lowest BCUT2D eigenvalue weighted by Crippen LogP contribution is -1.87. The lowest BCUT2D eigenvalue weighted by atomic mass is 10.1. The van der Waals surface area contributed by atoms with E-state index in [9.17, 15) is 0 Å². The van der Waals surface area contributed by atoms with Crippen molar-refractivity contribution in [2.45, 2.75) is 40.5 Å². The molecule has 0 unspecified atom stereocenters. The molecule has 4 heteroatoms. The van der Waals surface area contributed by atoms with Gasteiger partial charge in [-0.2, -0.15) is 0 Å². The molecule has 3 rings (SSSR count). The second-order valence-electron chi connectivity index (χ2n) is 6.38. The van der Waals surface area contributed by atoms with Crippen LogP contribution in [0.15, 0.2) is 46.8 Å². The van der Waals surface area contributed by atoms with E-state index in [1.165, 1.54) is 16.7 Å². The van der Waals surface area contributed by atoms with Crippen LogP contribution in [0.3, 0.4) is 0 Å². The van der Waals surface area contributed by atoms with Crippen molar-refractivity contribution in [3.63, 3.8) is 0 Å². The smallest absolute Gasteiger partial charge is 0.183 e. The lowest BCUT2D eigenvalue weighted by molar-refractivity contribution is 0.831. The van der Waals surface area contributed by atoms with Crippen molar-refractivity contribution in [2.24, 2.45) is 10.2 Å². The minimum atomic E-state index is 0.295. The van der Waals surface area contributed by atoms with Crippen LogP contribution in [0.1, 0.15) is 42.1 Å². The zero-order valence-corrected chi connectivity index (χ0v) is 14.3. The van der Waals surface area contributed by atoms with Crippen LogP contribution < -0.4 is 0 Å². The molecule has 23 heavy (non-hydrogen) atoms. The Bertz CT molecular complexity index is 888. The van der Waals surface area contributed by atoms with Crippen LogP contribution in [0, 0.1) is 20.8 Å². The number of hydrogen-bond donors (Lipinski definition) is 0. The van der Waals surface area contributed by atoms with Gasteiger partial charge in [-0.15, -0.1) is 10.2 Å². The third-order valence-corrected chi connectivity index (χ3v) is 4.08. The van der Waals surface area contributed by atoms with Gasteiger partial charge in [-0.05, 0) is 67.6 Å². The van der Waals surface area contributed by atoms with Crippen LogP contribution in [0.2, 0.25) is 0 Å². The fourth-order valence-corrected chi connectivity index (χ4v) is 2.53. The first-order valence-electron chi connectivity index (χ1n) is 7.93. The van der Waals surface area contributed by atoms with E-state index < -0.39 is 0 Å². The minimum absolute atomic E-state index is 0.295. The van der Waals surface area contributed by atoms with Crippen LogP contribution in [0.4, 0.5) is 11.5 Å². The van der Waals surface area contributed by atoms with Gasteiger partial charge in [-0.1, -0.05) is 19.9 Å². The van der Waals surface area contributed by atoms with E-state index in [1.54, 1.807) is 0 Å². The summed E-state index contributed by atoms with van der Waals surface area (Å²) >= 11 is 0. The molecule has 0 aliphatic rings. The molecule has 2 aromatic heterocycles. The third kappa shape index (κ3) is 3.02. The zero-order valence-electron chi connectivity index (χ0n) is 14.3. The Morgan fingerprint density at radius 3 is 2.43 bits per heavy atom. The topological polar surface area (TPSA) is 42.0 Å². The Labute approximate surface area is 136 Å². The molecule has 1 aromatic carbocycles. The first kappa shape index (κ1) is 15.4. The summed E-state index contributed by atoms with van der Waals surface area (Å²) in [7, 11) is 0. The van der Waals surface area contributed by atoms with E-state index in [-0.39, 0.29) is 0 Å². The summed E-state index contributed by atoms with van der Waals surface area (Å²) in [5, 5.41) is 8.94. The van der Waals surface area contributed by atoms with Crippen LogP contribution in [0.25, 0.3) is 5.65 Å². The van der Waals surface area contributed by atoms with Crippen molar-refractivity contribution in [3.8, 4) is 0 Å². The monoisotopic (exact) mass is 306 g/mol. The second kappa shape index (κ2) is 5.95. The average Bonchev–Trinajstić information content (AvgIpc) is 2.86. The Morgan fingerprint density at radius 1 is 0.957 bits per heavy atom. The van der Waals surface area contributed by atoms with Crippen LogP contribution in [0.5, 0.6) is 0 Å². The predicted octanol–water partition coefficient (Wildman–Crippen LogP) is 5.80. The number of aromatic nitrogens is 2. The molecule has 0 saturated heterocycles. The maximum atomic E-state index is 4.73. The van der Waals surface area contributed by atoms with Crippen molar-refractivity contribution in [3.05, 3.63) is 58.9 Å². The molecule has 0 radical (unpaired) electrons. The Balaban J connectivity index is 2.08. The maximum Gasteiger partial charge on any atom is 0.183 e. The third-order valence-electron chi connectivity index (χ3n) is 4.08. The van der Waals surface area contributed by atoms with E-state index >= 15 is 0 Å². The van der Waals surface area contributed by atoms with Crippen LogP contribution in [-0.2, 0) is 0 Å². The summed E-state index contributed by atoms with van der Waals surface area (Å²) in [5.74, 6) is 1.11. The molecule has 3 aromatic rings. The van der Waals surface area contributed by atoms with Gasteiger partial charge in [-0.25, -0.2) is 4.98 Å². The van der Waals surface area contributed by atoms with E-state index in [0.29, 0.717) is 5.92 Å². The molecule has 118 valence electrons. The molecule has 0 fully saturated rings. The molecule has 0 spiro atoms. The molecule has 0 bridgehead atoms. The van der Waals surface area contributed by atoms with Gasteiger partial charge in [-0.3, -0.25) is 4.40 Å². The van der Waals surface area contributed by atoms with Gasteiger partial charge < -0.3 is 0 Å². The molecule has 4 nitrogen and oxygen atoms in total. The predicted molar refractivity (Wildman–Crippen MR) is 94.1 cm³/mol. The average molecular weight is 306 g/mol. The first-order valence-corrected chi connectivity index (χ1v) is 7.93. The number of aryl methyl sites for hydroxylation is 3. The minimum Gasteiger partial charge on any atom is -0.283 e. The lowest BCUT2D eigenvalue weighted by Gasteiger charge is -2.03. The number of nitrogens with zero attached hydrogens (tertiary/aromatic N) is 4. The number of fused-ring (bicyclic) bond motifs is 1.